The summed E-state index contributed by atoms with van der Waals surface area (Å²) in [5.41, 5.74) is 4.29. The van der Waals surface area contributed by atoms with Gasteiger partial charge < -0.3 is 9.15 Å². The first-order valence-corrected chi connectivity index (χ1v) is 9.47. The zero-order chi connectivity index (χ0) is 17.0. The minimum atomic E-state index is 0.920. The molecule has 0 fully saturated rings. The summed E-state index contributed by atoms with van der Waals surface area (Å²) in [4.78, 5) is 0. The molecule has 0 spiro atoms. The lowest BCUT2D eigenvalue weighted by atomic mass is 9.97. The van der Waals surface area contributed by atoms with Crippen molar-refractivity contribution >= 4 is 64.2 Å². The minimum absolute atomic E-state index is 0.920. The number of hydrogen-bond acceptors (Lipinski definition) is 3. The van der Waals surface area contributed by atoms with Crippen LogP contribution in [0.15, 0.2) is 59.0 Å². The summed E-state index contributed by atoms with van der Waals surface area (Å²) >= 11 is 1.85. The average Bonchev–Trinajstić information content (AvgIpc) is 3.20. The number of rotatable bonds is 1. The maximum Gasteiger partial charge on any atom is 0.136 e. The number of hydrogen-bond donors (Lipinski definition) is 0. The second-order valence-electron chi connectivity index (χ2n) is 6.87. The summed E-state index contributed by atoms with van der Waals surface area (Å²) in [5.74, 6) is 0.920. The molecule has 1 aliphatic carbocycles. The van der Waals surface area contributed by atoms with E-state index in [1.54, 1.807) is 7.11 Å². The van der Waals surface area contributed by atoms with Crippen LogP contribution in [-0.4, -0.2) is 7.11 Å². The first-order chi connectivity index (χ1) is 12.8. The predicted molar refractivity (Wildman–Crippen MR) is 110 cm³/mol. The van der Waals surface area contributed by atoms with Crippen LogP contribution in [-0.2, 0) is 0 Å². The first kappa shape index (κ1) is 13.2. The number of methoxy groups -OCH3 is 1. The zero-order valence-corrected chi connectivity index (χ0v) is 14.7. The van der Waals surface area contributed by atoms with Crippen molar-refractivity contribution in [2.45, 2.75) is 0 Å². The van der Waals surface area contributed by atoms with Crippen LogP contribution < -0.4 is 4.74 Å². The van der Waals surface area contributed by atoms with Gasteiger partial charge in [-0.25, -0.2) is 0 Å². The van der Waals surface area contributed by atoms with E-state index in [9.17, 15) is 0 Å². The molecule has 6 aromatic rings. The molecule has 0 bridgehead atoms. The van der Waals surface area contributed by atoms with E-state index in [4.69, 9.17) is 9.15 Å². The Morgan fingerprint density at radius 1 is 0.731 bits per heavy atom. The summed E-state index contributed by atoms with van der Waals surface area (Å²) in [7, 11) is 1.75. The van der Waals surface area contributed by atoms with Gasteiger partial charge in [-0.3, -0.25) is 0 Å². The fourth-order valence-electron chi connectivity index (χ4n) is 4.70. The maximum atomic E-state index is 6.23. The quantitative estimate of drug-likeness (QED) is 0.314. The second kappa shape index (κ2) is 4.19. The van der Waals surface area contributed by atoms with E-state index >= 15 is 0 Å². The Labute approximate surface area is 152 Å². The van der Waals surface area contributed by atoms with Crippen LogP contribution in [0, 0.1) is 0 Å². The minimum Gasteiger partial charge on any atom is -0.496 e. The van der Waals surface area contributed by atoms with Crippen molar-refractivity contribution in [2.24, 2.45) is 0 Å². The van der Waals surface area contributed by atoms with Crippen LogP contribution in [0.1, 0.15) is 0 Å². The summed E-state index contributed by atoms with van der Waals surface area (Å²) in [6, 6.07) is 19.4. The molecule has 2 aromatic heterocycles. The number of furan rings is 1. The van der Waals surface area contributed by atoms with Gasteiger partial charge in [0.1, 0.15) is 16.9 Å². The largest absolute Gasteiger partial charge is 0.496 e. The topological polar surface area (TPSA) is 22.4 Å². The predicted octanol–water partition coefficient (Wildman–Crippen LogP) is 7.10. The number of fused-ring (bicyclic) bond motifs is 1. The fourth-order valence-corrected chi connectivity index (χ4v) is 5.82. The van der Waals surface area contributed by atoms with Gasteiger partial charge in [0.25, 0.3) is 0 Å². The highest BCUT2D eigenvalue weighted by atomic mass is 32.1. The molecule has 2 heterocycles. The van der Waals surface area contributed by atoms with Crippen molar-refractivity contribution in [2.75, 3.05) is 7.11 Å². The van der Waals surface area contributed by atoms with E-state index in [2.05, 4.69) is 54.6 Å². The van der Waals surface area contributed by atoms with Crippen molar-refractivity contribution in [1.82, 2.24) is 0 Å². The molecule has 122 valence electrons. The first-order valence-electron chi connectivity index (χ1n) is 8.65. The van der Waals surface area contributed by atoms with Crippen LogP contribution in [0.3, 0.4) is 0 Å². The standard InChI is InChI=1S/C23H12O2S/c1-24-13-8-10-17-23-19(13)12-3-2-4-14-20(12)21-15(25-14)7-5-11-6-9-16(26-17)22(23)18(11)21/h2-10H,1H3. The molecule has 26 heavy (non-hydrogen) atoms. The lowest BCUT2D eigenvalue weighted by molar-refractivity contribution is 0.417. The van der Waals surface area contributed by atoms with Gasteiger partial charge >= 0.3 is 0 Å². The normalized spacial score (nSPS) is 12.8. The molecule has 0 radical (unpaired) electrons. The lowest BCUT2D eigenvalue weighted by Gasteiger charge is -2.11. The smallest absolute Gasteiger partial charge is 0.136 e. The second-order valence-corrected chi connectivity index (χ2v) is 7.96. The van der Waals surface area contributed by atoms with E-state index in [0.29, 0.717) is 0 Å². The molecule has 2 nitrogen and oxygen atoms in total. The highest BCUT2D eigenvalue weighted by molar-refractivity contribution is 7.26. The van der Waals surface area contributed by atoms with Gasteiger partial charge in [-0.05, 0) is 41.3 Å². The van der Waals surface area contributed by atoms with Gasteiger partial charge in [0.15, 0.2) is 0 Å². The van der Waals surface area contributed by atoms with Crippen molar-refractivity contribution in [3.63, 3.8) is 0 Å². The van der Waals surface area contributed by atoms with Crippen molar-refractivity contribution < 1.29 is 9.15 Å². The van der Waals surface area contributed by atoms with E-state index in [1.165, 1.54) is 52.8 Å². The van der Waals surface area contributed by atoms with Crippen molar-refractivity contribution in [3.05, 3.63) is 54.6 Å². The molecule has 1 aliphatic rings. The van der Waals surface area contributed by atoms with Crippen LogP contribution in [0.25, 0.3) is 64.0 Å². The van der Waals surface area contributed by atoms with Gasteiger partial charge in [0.2, 0.25) is 0 Å². The van der Waals surface area contributed by atoms with Gasteiger partial charge in [-0.1, -0.05) is 24.3 Å². The van der Waals surface area contributed by atoms with Crippen LogP contribution in [0.5, 0.6) is 5.75 Å². The molecular weight excluding hydrogens is 340 g/mol. The molecule has 7 rings (SSSR count). The summed E-state index contributed by atoms with van der Waals surface area (Å²) in [5, 5.41) is 7.65. The van der Waals surface area contributed by atoms with Gasteiger partial charge in [0.05, 0.1) is 7.11 Å². The monoisotopic (exact) mass is 352 g/mol. The zero-order valence-electron chi connectivity index (χ0n) is 13.9. The van der Waals surface area contributed by atoms with E-state index in [1.807, 2.05) is 11.3 Å². The van der Waals surface area contributed by atoms with Crippen LogP contribution in [0.2, 0.25) is 0 Å². The van der Waals surface area contributed by atoms with Crippen molar-refractivity contribution in [3.8, 4) is 16.9 Å². The summed E-state index contributed by atoms with van der Waals surface area (Å²) < 4.78 is 14.7. The Hall–Kier alpha value is -3.04. The molecule has 0 saturated carbocycles. The molecule has 0 unspecified atom stereocenters. The molecule has 0 saturated heterocycles. The highest BCUT2D eigenvalue weighted by Crippen LogP contribution is 2.53. The Balaban J connectivity index is 2.01. The van der Waals surface area contributed by atoms with E-state index in [-0.39, 0.29) is 0 Å². The van der Waals surface area contributed by atoms with Crippen molar-refractivity contribution in [1.29, 1.82) is 0 Å². The summed E-state index contributed by atoms with van der Waals surface area (Å²) in [6.07, 6.45) is 0. The number of benzene rings is 4. The third kappa shape index (κ3) is 1.31. The molecular formula is C23H12O2S. The van der Waals surface area contributed by atoms with E-state index < -0.39 is 0 Å². The van der Waals surface area contributed by atoms with Crippen LogP contribution >= 0.6 is 11.3 Å². The molecule has 0 amide bonds. The maximum absolute atomic E-state index is 6.23. The third-order valence-corrected chi connectivity index (χ3v) is 6.81. The highest BCUT2D eigenvalue weighted by Gasteiger charge is 2.25. The lowest BCUT2D eigenvalue weighted by Crippen LogP contribution is -1.88. The third-order valence-electron chi connectivity index (χ3n) is 5.69. The Morgan fingerprint density at radius 3 is 2.46 bits per heavy atom. The van der Waals surface area contributed by atoms with E-state index in [0.717, 1.165) is 16.9 Å². The average molecular weight is 352 g/mol. The number of thiophene rings is 1. The molecule has 4 aromatic carbocycles. The van der Waals surface area contributed by atoms with Crippen LogP contribution in [0.4, 0.5) is 0 Å². The summed E-state index contributed by atoms with van der Waals surface area (Å²) in [6.45, 7) is 0. The Morgan fingerprint density at radius 2 is 1.54 bits per heavy atom. The number of ether oxygens (including phenoxy) is 1. The molecule has 3 heteroatoms. The van der Waals surface area contributed by atoms with Gasteiger partial charge in [0, 0.05) is 41.9 Å². The molecule has 0 N–H and O–H groups in total. The SMILES string of the molecule is COc1ccc2sc3ccc4ccc5oc6cccc7c6c5c4c3c2c1-7. The Bertz CT molecular complexity index is 1560. The molecule has 0 aliphatic heterocycles. The fraction of sp³-hybridized carbons (Fsp3) is 0.0435. The van der Waals surface area contributed by atoms with Gasteiger partial charge in [-0.2, -0.15) is 0 Å². The Kier molecular flexibility index (Phi) is 2.13. The van der Waals surface area contributed by atoms with Gasteiger partial charge in [-0.15, -0.1) is 11.3 Å². The molecule has 0 atom stereocenters.